The fourth-order valence-corrected chi connectivity index (χ4v) is 0. The number of hydrogen-bond acceptors (Lipinski definition) is 3. The molecule has 0 spiro atoms. The van der Waals surface area contributed by atoms with E-state index in [4.69, 9.17) is 19.1 Å². The minimum atomic E-state index is -3.37. The molecule has 0 heterocycles. The Morgan fingerprint density at radius 2 is 1.17 bits per heavy atom. The van der Waals surface area contributed by atoms with Crippen LogP contribution in [0.15, 0.2) is 0 Å². The summed E-state index contributed by atoms with van der Waals surface area (Å²) < 4.78 is 8.75. The molecule has 0 unspecified atom stereocenters. The number of hydrogen-bond donors (Lipinski definition) is 0. The Bertz CT molecular complexity index is 15.5. The standard InChI is InChI=1S/CF.O3P/c1-2;1-4(2)3/q+3;-3. The van der Waals surface area contributed by atoms with Crippen molar-refractivity contribution in [3.05, 3.63) is 7.18 Å². The van der Waals surface area contributed by atoms with Crippen LogP contribution in [0.3, 0.4) is 0 Å². The van der Waals surface area contributed by atoms with Crippen molar-refractivity contribution < 1.29 is 19.1 Å². The van der Waals surface area contributed by atoms with Crippen molar-refractivity contribution in [2.24, 2.45) is 0 Å². The molecule has 0 fully saturated rings. The summed E-state index contributed by atoms with van der Waals surface area (Å²) in [5, 5.41) is 0. The summed E-state index contributed by atoms with van der Waals surface area (Å²) in [6.07, 6.45) is 0. The second-order valence-electron chi connectivity index (χ2n) is 0.224. The van der Waals surface area contributed by atoms with Crippen molar-refractivity contribution in [1.29, 1.82) is 0 Å². The third-order valence-corrected chi connectivity index (χ3v) is 0. The van der Waals surface area contributed by atoms with Crippen LogP contribution in [0.1, 0.15) is 0 Å². The van der Waals surface area contributed by atoms with Gasteiger partial charge in [0.25, 0.3) is 0 Å². The maximum Gasteiger partial charge on any atom is -0.438 e. The van der Waals surface area contributed by atoms with Gasteiger partial charge in [0.1, 0.15) is 0 Å². The quantitative estimate of drug-likeness (QED) is 0.332. The van der Waals surface area contributed by atoms with Gasteiger partial charge in [-0.05, 0) is 0 Å². The maximum absolute atomic E-state index is 8.75. The van der Waals surface area contributed by atoms with Crippen LogP contribution < -0.4 is 14.7 Å². The molecule has 0 N–H and O–H groups in total. The van der Waals surface area contributed by atoms with E-state index in [1.165, 1.54) is 0 Å². The van der Waals surface area contributed by atoms with Crippen molar-refractivity contribution in [1.82, 2.24) is 0 Å². The molecule has 6 heavy (non-hydrogen) atoms. The first-order valence-corrected chi connectivity index (χ1v) is 1.83. The molecule has 0 radical (unpaired) electrons. The average Bonchev–Trinajstić information content (AvgIpc) is 1.41. The van der Waals surface area contributed by atoms with Crippen LogP contribution in [0, 0.1) is 7.18 Å². The van der Waals surface area contributed by atoms with Gasteiger partial charge in [0, 0.05) is 0 Å². The van der Waals surface area contributed by atoms with Gasteiger partial charge in [0.2, 0.25) is 0 Å². The fraction of sp³-hybridized carbons (Fsp3) is 0. The van der Waals surface area contributed by atoms with Crippen LogP contribution in [0.4, 0.5) is 4.39 Å². The molecule has 0 rings (SSSR count). The molecule has 0 bridgehead atoms. The Hall–Kier alpha value is 0.240. The zero-order chi connectivity index (χ0) is 5.58. The predicted molar refractivity (Wildman–Crippen MR) is 11.3 cm³/mol. The number of rotatable bonds is 0. The minimum absolute atomic E-state index is 3.37. The van der Waals surface area contributed by atoms with Crippen molar-refractivity contribution in [3.8, 4) is 0 Å². The van der Waals surface area contributed by atoms with E-state index in [9.17, 15) is 0 Å². The van der Waals surface area contributed by atoms with Gasteiger partial charge >= 0.3 is 11.6 Å². The van der Waals surface area contributed by atoms with E-state index in [0.29, 0.717) is 0 Å². The SMILES string of the molecule is [C+3]F.[O-]P([O-])[O-]. The molecular formula is CFO3P. The molecule has 0 amide bonds. The average molecular weight is 110 g/mol. The summed E-state index contributed by atoms with van der Waals surface area (Å²) in [6, 6.07) is 0. The summed E-state index contributed by atoms with van der Waals surface area (Å²) in [5.41, 5.74) is 0. The van der Waals surface area contributed by atoms with Crippen molar-refractivity contribution >= 4 is 8.60 Å². The molecule has 34 valence electrons. The van der Waals surface area contributed by atoms with E-state index in [-0.39, 0.29) is 0 Å². The van der Waals surface area contributed by atoms with Crippen LogP contribution in [-0.2, 0) is 0 Å². The normalized spacial score (nSPS) is 7.17. The molecule has 0 aliphatic heterocycles. The van der Waals surface area contributed by atoms with Gasteiger partial charge < -0.3 is 23.3 Å². The van der Waals surface area contributed by atoms with Gasteiger partial charge in [-0.15, -0.1) is 0 Å². The Balaban J connectivity index is 0. The third-order valence-electron chi connectivity index (χ3n) is 0. The van der Waals surface area contributed by atoms with Crippen LogP contribution in [0.2, 0.25) is 0 Å². The topological polar surface area (TPSA) is 69.2 Å². The van der Waals surface area contributed by atoms with Gasteiger partial charge in [-0.1, -0.05) is 0 Å². The van der Waals surface area contributed by atoms with E-state index in [1.54, 1.807) is 0 Å². The summed E-state index contributed by atoms with van der Waals surface area (Å²) in [6.45, 7) is 0. The summed E-state index contributed by atoms with van der Waals surface area (Å²) in [7, 11) is 0.880. The second-order valence-corrected chi connectivity index (χ2v) is 0.671. The second kappa shape index (κ2) is 8.97. The van der Waals surface area contributed by atoms with Gasteiger partial charge in [-0.3, -0.25) is 0 Å². The predicted octanol–water partition coefficient (Wildman–Crippen LogP) is -2.20. The molecule has 0 aromatic rings. The van der Waals surface area contributed by atoms with Crippen LogP contribution in [-0.4, -0.2) is 0 Å². The molecule has 0 saturated carbocycles. The minimum Gasteiger partial charge on any atom is -0.854 e. The van der Waals surface area contributed by atoms with Gasteiger partial charge in [-0.25, -0.2) is 0 Å². The fourth-order valence-electron chi connectivity index (χ4n) is 0. The van der Waals surface area contributed by atoms with E-state index in [1.807, 2.05) is 0 Å². The monoisotopic (exact) mass is 110 g/mol. The first kappa shape index (κ1) is 9.53. The van der Waals surface area contributed by atoms with Crippen molar-refractivity contribution in [2.75, 3.05) is 0 Å². The van der Waals surface area contributed by atoms with E-state index < -0.39 is 8.60 Å². The van der Waals surface area contributed by atoms with Crippen LogP contribution >= 0.6 is 8.60 Å². The van der Waals surface area contributed by atoms with Crippen LogP contribution in [0.5, 0.6) is 0 Å². The smallest absolute Gasteiger partial charge is 0.438 e. The molecule has 0 aliphatic carbocycles. The van der Waals surface area contributed by atoms with Gasteiger partial charge in [0.15, 0.2) is 0 Å². The molecule has 0 atom stereocenters. The molecule has 0 saturated heterocycles. The molecule has 0 aromatic heterocycles. The largest absolute Gasteiger partial charge is 0.854 e. The van der Waals surface area contributed by atoms with Gasteiger partial charge in [0.05, 0.1) is 0 Å². The van der Waals surface area contributed by atoms with Crippen molar-refractivity contribution in [2.45, 2.75) is 0 Å². The van der Waals surface area contributed by atoms with Crippen molar-refractivity contribution in [3.63, 3.8) is 0 Å². The molecule has 0 aliphatic rings. The summed E-state index contributed by atoms with van der Waals surface area (Å²) >= 11 is 0. The van der Waals surface area contributed by atoms with E-state index in [2.05, 4.69) is 7.18 Å². The molecule has 0 aromatic carbocycles. The Morgan fingerprint density at radius 3 is 1.17 bits per heavy atom. The maximum atomic E-state index is 8.75. The Labute approximate surface area is 36.1 Å². The summed E-state index contributed by atoms with van der Waals surface area (Å²) in [5.74, 6) is 0. The molecular weight excluding hydrogens is 110 g/mol. The third kappa shape index (κ3) is 773. The van der Waals surface area contributed by atoms with E-state index in [0.717, 1.165) is 0 Å². The molecule has 3 nitrogen and oxygen atoms in total. The van der Waals surface area contributed by atoms with Gasteiger partial charge in [-0.2, -0.15) is 0 Å². The Kier molecular flexibility index (Phi) is 14.3. The molecule has 5 heteroatoms. The zero-order valence-electron chi connectivity index (χ0n) is 2.55. The Morgan fingerprint density at radius 1 is 1.17 bits per heavy atom. The summed E-state index contributed by atoms with van der Waals surface area (Å²) in [4.78, 5) is 25.4. The van der Waals surface area contributed by atoms with Crippen LogP contribution in [0.25, 0.3) is 0 Å². The zero-order valence-corrected chi connectivity index (χ0v) is 3.44. The first-order chi connectivity index (χ1) is 2.73. The first-order valence-electron chi connectivity index (χ1n) is 0.737. The van der Waals surface area contributed by atoms with E-state index >= 15 is 0 Å². The number of halogens is 1.